The molecule has 1 N–H and O–H groups in total. The summed E-state index contributed by atoms with van der Waals surface area (Å²) in [6.07, 6.45) is 0.911. The Hall–Kier alpha value is -3.49. The van der Waals surface area contributed by atoms with Gasteiger partial charge in [-0.2, -0.15) is 9.65 Å². The normalized spacial score (nSPS) is 11.1. The van der Waals surface area contributed by atoms with E-state index in [0.717, 1.165) is 22.9 Å². The highest BCUT2D eigenvalue weighted by molar-refractivity contribution is 7.93. The van der Waals surface area contributed by atoms with Gasteiger partial charge in [-0.3, -0.25) is 4.72 Å². The van der Waals surface area contributed by atoms with Gasteiger partial charge in [0.25, 0.3) is 10.0 Å². The molecule has 0 saturated carbocycles. The number of nitriles is 1. The lowest BCUT2D eigenvalue weighted by atomic mass is 10.0. The van der Waals surface area contributed by atoms with Crippen LogP contribution in [0, 0.1) is 16.5 Å². The number of hydrogen-bond donors (Lipinski definition) is 1. The van der Waals surface area contributed by atoms with E-state index in [1.807, 2.05) is 30.3 Å². The molecule has 0 atom stereocenters. The van der Waals surface area contributed by atoms with Crippen LogP contribution in [0.3, 0.4) is 0 Å². The number of hydrogen-bond acceptors (Lipinski definition) is 7. The Balaban J connectivity index is 1.62. The highest BCUT2D eigenvalue weighted by atomic mass is 35.5. The molecule has 1 aromatic heterocycles. The number of sulfonamides is 1. The highest BCUT2D eigenvalue weighted by Crippen LogP contribution is 2.35. The van der Waals surface area contributed by atoms with E-state index < -0.39 is 15.2 Å². The monoisotopic (exact) mass is 529 g/mol. The molecule has 0 bridgehead atoms. The van der Waals surface area contributed by atoms with Gasteiger partial charge in [0, 0.05) is 17.7 Å². The van der Waals surface area contributed by atoms with E-state index in [1.165, 1.54) is 18.2 Å². The maximum Gasteiger partial charge on any atom is 0.263 e. The molecule has 0 radical (unpaired) electrons. The maximum absolute atomic E-state index is 13.1. The maximum atomic E-state index is 13.1. The molecule has 7 nitrogen and oxygen atoms in total. The van der Waals surface area contributed by atoms with Gasteiger partial charge in [-0.15, -0.1) is 0 Å². The number of thiazole rings is 1. The smallest absolute Gasteiger partial charge is 0.263 e. The van der Waals surface area contributed by atoms with Gasteiger partial charge in [0.15, 0.2) is 10.3 Å². The van der Waals surface area contributed by atoms with Crippen molar-refractivity contribution < 1.29 is 22.3 Å². The van der Waals surface area contributed by atoms with Crippen molar-refractivity contribution in [3.8, 4) is 28.7 Å². The molecule has 0 amide bonds. The number of nitrogens with one attached hydrogen (secondary N) is 1. The Morgan fingerprint density at radius 3 is 2.71 bits per heavy atom. The molecule has 0 spiro atoms. The van der Waals surface area contributed by atoms with Crippen molar-refractivity contribution in [3.63, 3.8) is 0 Å². The quantitative estimate of drug-likeness (QED) is 0.291. The Labute approximate surface area is 210 Å². The number of benzene rings is 3. The molecule has 0 aliphatic carbocycles. The van der Waals surface area contributed by atoms with E-state index in [9.17, 15) is 18.1 Å². The molecule has 1 heterocycles. The van der Waals surface area contributed by atoms with Crippen LogP contribution in [-0.4, -0.2) is 20.5 Å². The molecule has 4 aromatic rings. The average molecular weight is 530 g/mol. The van der Waals surface area contributed by atoms with Crippen LogP contribution in [0.25, 0.3) is 11.1 Å². The lowest BCUT2D eigenvalue weighted by molar-refractivity contribution is 0.185. The van der Waals surface area contributed by atoms with Gasteiger partial charge in [-0.05, 0) is 53.6 Å². The molecular formula is C24H17ClFN3O4S2. The van der Waals surface area contributed by atoms with Crippen molar-refractivity contribution in [2.75, 3.05) is 11.8 Å². The van der Waals surface area contributed by atoms with Crippen molar-refractivity contribution in [2.45, 2.75) is 11.5 Å². The number of nitrogens with zero attached hydrogens (tertiary/aromatic N) is 2. The first-order valence-corrected chi connectivity index (χ1v) is 12.7. The first-order chi connectivity index (χ1) is 16.8. The first kappa shape index (κ1) is 24.6. The highest BCUT2D eigenvalue weighted by Gasteiger charge is 2.19. The zero-order valence-corrected chi connectivity index (χ0v) is 20.5. The molecule has 3 aromatic carbocycles. The van der Waals surface area contributed by atoms with Gasteiger partial charge >= 0.3 is 0 Å². The number of anilines is 1. The van der Waals surface area contributed by atoms with E-state index in [2.05, 4.69) is 9.71 Å². The minimum atomic E-state index is -4.08. The van der Waals surface area contributed by atoms with Crippen LogP contribution in [0.4, 0.5) is 9.52 Å². The Morgan fingerprint density at radius 1 is 1.17 bits per heavy atom. The van der Waals surface area contributed by atoms with Crippen molar-refractivity contribution in [1.82, 2.24) is 4.98 Å². The second-order valence-corrected chi connectivity index (χ2v) is 10.3. The van der Waals surface area contributed by atoms with Gasteiger partial charge in [0.05, 0.1) is 23.3 Å². The summed E-state index contributed by atoms with van der Waals surface area (Å²) in [5.74, 6) is 0.568. The zero-order valence-electron chi connectivity index (χ0n) is 18.2. The predicted molar refractivity (Wildman–Crippen MR) is 132 cm³/mol. The summed E-state index contributed by atoms with van der Waals surface area (Å²) in [4.78, 5) is 3.45. The molecule has 0 aliphatic heterocycles. The fraction of sp³-hybridized carbons (Fsp3) is 0.0833. The summed E-state index contributed by atoms with van der Waals surface area (Å²) in [5.41, 5.74) is 2.56. The van der Waals surface area contributed by atoms with Gasteiger partial charge in [0.2, 0.25) is 0 Å². The summed E-state index contributed by atoms with van der Waals surface area (Å²) < 4.78 is 51.7. The Bertz CT molecular complexity index is 1530. The van der Waals surface area contributed by atoms with Gasteiger partial charge in [0.1, 0.15) is 17.6 Å². The minimum absolute atomic E-state index is 0.00298. The summed E-state index contributed by atoms with van der Waals surface area (Å²) >= 11 is 6.97. The van der Waals surface area contributed by atoms with E-state index in [0.29, 0.717) is 28.7 Å². The van der Waals surface area contributed by atoms with Gasteiger partial charge < -0.3 is 9.47 Å². The van der Waals surface area contributed by atoms with E-state index in [-0.39, 0.29) is 21.3 Å². The van der Waals surface area contributed by atoms with Crippen LogP contribution in [0.15, 0.2) is 71.8 Å². The van der Waals surface area contributed by atoms with Crippen LogP contribution in [0.1, 0.15) is 11.1 Å². The fourth-order valence-corrected chi connectivity index (χ4v) is 5.28. The largest absolute Gasteiger partial charge is 0.456 e. The molecule has 0 saturated heterocycles. The molecule has 178 valence electrons. The van der Waals surface area contributed by atoms with Crippen LogP contribution in [0.2, 0.25) is 5.02 Å². The number of ether oxygens (including phenoxy) is 2. The molecule has 11 heteroatoms. The molecule has 4 rings (SSSR count). The minimum Gasteiger partial charge on any atom is -0.456 e. The standard InChI is InChI=1S/C24H17ClFN3O4S2/c1-32-14-15-3-2-4-16(9-15)20-11-18(5-7-21(20)25)33-22-8-6-19(10-17(22)12-27)35(30,31)29-24-28-13-23(26)34-24/h2-11,13H,14H2,1H3,(H,28,29). The summed E-state index contributed by atoms with van der Waals surface area (Å²) in [7, 11) is -2.47. The summed E-state index contributed by atoms with van der Waals surface area (Å²) in [6, 6.07) is 18.5. The lowest BCUT2D eigenvalue weighted by Crippen LogP contribution is -2.13. The third-order valence-corrected chi connectivity index (χ3v) is 7.29. The number of methoxy groups -OCH3 is 1. The predicted octanol–water partition coefficient (Wildman–Crippen LogP) is 6.21. The second-order valence-electron chi connectivity index (χ2n) is 7.22. The second kappa shape index (κ2) is 10.4. The first-order valence-electron chi connectivity index (χ1n) is 10.0. The number of rotatable bonds is 8. The third kappa shape index (κ3) is 5.78. The van der Waals surface area contributed by atoms with E-state index >= 15 is 0 Å². The van der Waals surface area contributed by atoms with Crippen molar-refractivity contribution >= 4 is 38.1 Å². The van der Waals surface area contributed by atoms with Crippen molar-refractivity contribution in [3.05, 3.63) is 88.1 Å². The Morgan fingerprint density at radius 2 is 2.00 bits per heavy atom. The summed E-state index contributed by atoms with van der Waals surface area (Å²) in [6.45, 7) is 0.453. The lowest BCUT2D eigenvalue weighted by Gasteiger charge is -2.12. The van der Waals surface area contributed by atoms with E-state index in [4.69, 9.17) is 21.1 Å². The topological polar surface area (TPSA) is 101 Å². The van der Waals surface area contributed by atoms with Crippen LogP contribution in [0.5, 0.6) is 11.5 Å². The van der Waals surface area contributed by atoms with Crippen LogP contribution >= 0.6 is 22.9 Å². The molecule has 0 fully saturated rings. The SMILES string of the molecule is COCc1cccc(-c2cc(Oc3ccc(S(=O)(=O)Nc4ncc(F)s4)cc3C#N)ccc2Cl)c1. The van der Waals surface area contributed by atoms with Gasteiger partial charge in [-0.25, -0.2) is 13.4 Å². The average Bonchev–Trinajstić information content (AvgIpc) is 3.24. The molecular weight excluding hydrogens is 513 g/mol. The van der Waals surface area contributed by atoms with Crippen LogP contribution < -0.4 is 9.46 Å². The molecule has 35 heavy (non-hydrogen) atoms. The third-order valence-electron chi connectivity index (χ3n) is 4.80. The van der Waals surface area contributed by atoms with Crippen molar-refractivity contribution in [2.24, 2.45) is 0 Å². The van der Waals surface area contributed by atoms with Crippen LogP contribution in [-0.2, 0) is 21.4 Å². The van der Waals surface area contributed by atoms with Gasteiger partial charge in [-0.1, -0.05) is 41.1 Å². The zero-order chi connectivity index (χ0) is 25.0. The molecule has 0 aliphatic rings. The summed E-state index contributed by atoms with van der Waals surface area (Å²) in [5, 5.41) is 9.36. The fourth-order valence-electron chi connectivity index (χ4n) is 3.24. The number of halogens is 2. The molecule has 0 unspecified atom stereocenters. The number of aromatic nitrogens is 1. The van der Waals surface area contributed by atoms with E-state index in [1.54, 1.807) is 25.3 Å². The van der Waals surface area contributed by atoms with Crippen molar-refractivity contribution in [1.29, 1.82) is 5.26 Å². The Kier molecular flexibility index (Phi) is 7.33.